The van der Waals surface area contributed by atoms with Gasteiger partial charge in [-0.05, 0) is 54.5 Å². The van der Waals surface area contributed by atoms with E-state index < -0.39 is 6.09 Å². The van der Waals surface area contributed by atoms with Crippen LogP contribution in [0.5, 0.6) is 11.5 Å². The first-order valence-electron chi connectivity index (χ1n) is 9.69. The Bertz CT molecular complexity index is 889. The van der Waals surface area contributed by atoms with E-state index in [2.05, 4.69) is 0 Å². The maximum atomic E-state index is 13.1. The van der Waals surface area contributed by atoms with E-state index in [-0.39, 0.29) is 25.5 Å². The van der Waals surface area contributed by atoms with Gasteiger partial charge < -0.3 is 14.2 Å². The molecule has 0 atom stereocenters. The fraction of sp³-hybridized carbons (Fsp3) is 0.250. The SMILES string of the molecule is CCOC(=O)N1C/C(=C\c2ccc(OC)cc2)C(=O)/C(=C/c2ccc(OC)cc2)C1. The molecule has 1 aliphatic heterocycles. The topological polar surface area (TPSA) is 65.1 Å². The van der Waals surface area contributed by atoms with Crippen molar-refractivity contribution in [2.75, 3.05) is 33.9 Å². The summed E-state index contributed by atoms with van der Waals surface area (Å²) in [5.41, 5.74) is 2.76. The van der Waals surface area contributed by atoms with Crippen molar-refractivity contribution in [1.29, 1.82) is 0 Å². The maximum absolute atomic E-state index is 13.1. The number of ketones is 1. The summed E-state index contributed by atoms with van der Waals surface area (Å²) in [6.07, 6.45) is 3.16. The van der Waals surface area contributed by atoms with Gasteiger partial charge in [0, 0.05) is 11.1 Å². The Morgan fingerprint density at radius 3 is 1.67 bits per heavy atom. The summed E-state index contributed by atoms with van der Waals surface area (Å²) in [6.45, 7) is 2.43. The Morgan fingerprint density at radius 1 is 0.867 bits per heavy atom. The van der Waals surface area contributed by atoms with E-state index in [1.54, 1.807) is 33.3 Å². The van der Waals surface area contributed by atoms with E-state index >= 15 is 0 Å². The smallest absolute Gasteiger partial charge is 0.410 e. The Kier molecular flexibility index (Phi) is 6.91. The third-order valence-electron chi connectivity index (χ3n) is 4.75. The Balaban J connectivity index is 1.94. The minimum atomic E-state index is -0.439. The number of Topliss-reactive ketones (excluding diaryl/α,β-unsaturated/α-hetero) is 1. The monoisotopic (exact) mass is 407 g/mol. The summed E-state index contributed by atoms with van der Waals surface area (Å²) >= 11 is 0. The number of nitrogens with zero attached hydrogens (tertiary/aromatic N) is 1. The van der Waals surface area contributed by atoms with Crippen LogP contribution in [0.4, 0.5) is 4.79 Å². The van der Waals surface area contributed by atoms with Crippen LogP contribution in [0.15, 0.2) is 59.7 Å². The molecule has 2 aromatic carbocycles. The largest absolute Gasteiger partial charge is 0.497 e. The van der Waals surface area contributed by atoms with Crippen molar-refractivity contribution in [1.82, 2.24) is 4.90 Å². The summed E-state index contributed by atoms with van der Waals surface area (Å²) in [5, 5.41) is 0. The number of hydrogen-bond donors (Lipinski definition) is 0. The van der Waals surface area contributed by atoms with Crippen LogP contribution in [0.2, 0.25) is 0 Å². The van der Waals surface area contributed by atoms with Crippen LogP contribution in [0.1, 0.15) is 18.1 Å². The number of piperidine rings is 1. The van der Waals surface area contributed by atoms with Crippen molar-refractivity contribution in [2.45, 2.75) is 6.92 Å². The van der Waals surface area contributed by atoms with Crippen molar-refractivity contribution in [3.63, 3.8) is 0 Å². The molecule has 6 heteroatoms. The van der Waals surface area contributed by atoms with E-state index in [0.29, 0.717) is 11.1 Å². The first-order valence-corrected chi connectivity index (χ1v) is 9.69. The van der Waals surface area contributed by atoms with Crippen LogP contribution in [0.25, 0.3) is 12.2 Å². The van der Waals surface area contributed by atoms with Crippen molar-refractivity contribution < 1.29 is 23.8 Å². The molecule has 6 nitrogen and oxygen atoms in total. The molecule has 0 aliphatic carbocycles. The zero-order chi connectivity index (χ0) is 21.5. The molecule has 0 N–H and O–H groups in total. The van der Waals surface area contributed by atoms with Gasteiger partial charge in [-0.25, -0.2) is 4.79 Å². The van der Waals surface area contributed by atoms with Crippen LogP contribution in [-0.4, -0.2) is 50.7 Å². The van der Waals surface area contributed by atoms with Gasteiger partial charge in [0.2, 0.25) is 0 Å². The summed E-state index contributed by atoms with van der Waals surface area (Å²) in [6, 6.07) is 14.8. The van der Waals surface area contributed by atoms with E-state index in [4.69, 9.17) is 14.2 Å². The van der Waals surface area contributed by atoms with Gasteiger partial charge in [0.15, 0.2) is 5.78 Å². The highest BCUT2D eigenvalue weighted by Gasteiger charge is 2.29. The van der Waals surface area contributed by atoms with E-state index in [9.17, 15) is 9.59 Å². The highest BCUT2D eigenvalue weighted by atomic mass is 16.6. The third kappa shape index (κ3) is 5.08. The van der Waals surface area contributed by atoms with Crippen LogP contribution in [0.3, 0.4) is 0 Å². The molecule has 1 amide bonds. The zero-order valence-electron chi connectivity index (χ0n) is 17.4. The molecule has 0 spiro atoms. The van der Waals surface area contributed by atoms with Crippen LogP contribution >= 0.6 is 0 Å². The second-order valence-corrected chi connectivity index (χ2v) is 6.77. The van der Waals surface area contributed by atoms with Gasteiger partial charge in [0.05, 0.1) is 33.9 Å². The van der Waals surface area contributed by atoms with Gasteiger partial charge >= 0.3 is 6.09 Å². The molecule has 0 unspecified atom stereocenters. The fourth-order valence-electron chi connectivity index (χ4n) is 3.19. The molecule has 2 aromatic rings. The van der Waals surface area contributed by atoms with E-state index in [0.717, 1.165) is 22.6 Å². The highest BCUT2D eigenvalue weighted by molar-refractivity contribution is 6.15. The number of carbonyl (C=O) groups excluding carboxylic acids is 2. The molecule has 3 rings (SSSR count). The quantitative estimate of drug-likeness (QED) is 0.695. The van der Waals surface area contributed by atoms with Gasteiger partial charge in [-0.3, -0.25) is 9.69 Å². The molecular weight excluding hydrogens is 382 g/mol. The predicted octanol–water partition coefficient (Wildman–Crippen LogP) is 4.21. The average molecular weight is 407 g/mol. The predicted molar refractivity (Wildman–Crippen MR) is 116 cm³/mol. The summed E-state index contributed by atoms with van der Waals surface area (Å²) in [7, 11) is 3.21. The Morgan fingerprint density at radius 2 is 1.30 bits per heavy atom. The normalized spacial score (nSPS) is 16.6. The lowest BCUT2D eigenvalue weighted by atomic mass is 9.94. The maximum Gasteiger partial charge on any atom is 0.410 e. The molecule has 0 bridgehead atoms. The van der Waals surface area contributed by atoms with Gasteiger partial charge in [-0.15, -0.1) is 0 Å². The molecule has 156 valence electrons. The number of hydrogen-bond acceptors (Lipinski definition) is 5. The molecule has 0 radical (unpaired) electrons. The van der Waals surface area contributed by atoms with Gasteiger partial charge in [-0.2, -0.15) is 0 Å². The number of carbonyl (C=O) groups is 2. The highest BCUT2D eigenvalue weighted by Crippen LogP contribution is 2.24. The number of benzene rings is 2. The number of rotatable bonds is 5. The van der Waals surface area contributed by atoms with Gasteiger partial charge in [0.1, 0.15) is 11.5 Å². The molecule has 1 saturated heterocycles. The van der Waals surface area contributed by atoms with Crippen LogP contribution in [0, 0.1) is 0 Å². The lowest BCUT2D eigenvalue weighted by molar-refractivity contribution is -0.113. The van der Waals surface area contributed by atoms with E-state index in [1.165, 1.54) is 4.90 Å². The lowest BCUT2D eigenvalue weighted by Gasteiger charge is -2.29. The fourth-order valence-corrected chi connectivity index (χ4v) is 3.19. The number of methoxy groups -OCH3 is 2. The number of amides is 1. The molecule has 30 heavy (non-hydrogen) atoms. The molecular formula is C24H25NO5. The van der Waals surface area contributed by atoms with Gasteiger partial charge in [-0.1, -0.05) is 24.3 Å². The van der Waals surface area contributed by atoms with Crippen molar-refractivity contribution in [3.05, 3.63) is 70.8 Å². The van der Waals surface area contributed by atoms with Crippen LogP contribution in [-0.2, 0) is 9.53 Å². The van der Waals surface area contributed by atoms with E-state index in [1.807, 2.05) is 48.5 Å². The van der Waals surface area contributed by atoms with Crippen molar-refractivity contribution in [2.24, 2.45) is 0 Å². The van der Waals surface area contributed by atoms with Crippen molar-refractivity contribution in [3.8, 4) is 11.5 Å². The lowest BCUT2D eigenvalue weighted by Crippen LogP contribution is -2.41. The molecule has 0 aromatic heterocycles. The molecule has 1 aliphatic rings. The minimum absolute atomic E-state index is 0.0813. The number of likely N-dealkylation sites (tertiary alicyclic amines) is 1. The average Bonchev–Trinajstić information content (AvgIpc) is 2.77. The summed E-state index contributed by atoms with van der Waals surface area (Å²) < 4.78 is 15.5. The second-order valence-electron chi connectivity index (χ2n) is 6.77. The zero-order valence-corrected chi connectivity index (χ0v) is 17.4. The Labute approximate surface area is 176 Å². The standard InChI is InChI=1S/C24H25NO5/c1-4-30-24(27)25-15-19(13-17-5-9-21(28-2)10-6-17)23(26)20(16-25)14-18-7-11-22(29-3)12-8-18/h5-14H,4,15-16H2,1-3H3/b19-13+,20-14+. The molecule has 1 heterocycles. The third-order valence-corrected chi connectivity index (χ3v) is 4.75. The van der Waals surface area contributed by atoms with Gasteiger partial charge in [0.25, 0.3) is 0 Å². The number of ether oxygens (including phenoxy) is 3. The second kappa shape index (κ2) is 9.78. The summed E-state index contributed by atoms with van der Waals surface area (Å²) in [4.78, 5) is 27.1. The van der Waals surface area contributed by atoms with Crippen LogP contribution < -0.4 is 9.47 Å². The summed E-state index contributed by atoms with van der Waals surface area (Å²) in [5.74, 6) is 1.39. The first kappa shape index (κ1) is 21.2. The minimum Gasteiger partial charge on any atom is -0.497 e. The first-order chi connectivity index (χ1) is 14.5. The molecule has 1 fully saturated rings. The Hall–Kier alpha value is -3.54. The molecule has 0 saturated carbocycles. The van der Waals surface area contributed by atoms with Crippen molar-refractivity contribution >= 4 is 24.0 Å².